The molecule has 0 saturated heterocycles. The van der Waals surface area contributed by atoms with E-state index in [-0.39, 0.29) is 6.10 Å². The Morgan fingerprint density at radius 1 is 0.762 bits per heavy atom. The molecule has 4 aromatic rings. The summed E-state index contributed by atoms with van der Waals surface area (Å²) in [7, 11) is 1.41. The molecular weight excluding hydrogens is 524 g/mol. The molecule has 1 aliphatic carbocycles. The van der Waals surface area contributed by atoms with Crippen LogP contribution in [0.5, 0.6) is 5.75 Å². The van der Waals surface area contributed by atoms with Gasteiger partial charge in [-0.3, -0.25) is 0 Å². The van der Waals surface area contributed by atoms with Gasteiger partial charge in [-0.25, -0.2) is 4.79 Å². The number of aryl methyl sites for hydroxylation is 3. The summed E-state index contributed by atoms with van der Waals surface area (Å²) in [6.07, 6.45) is 6.65. The van der Waals surface area contributed by atoms with Crippen LogP contribution in [0.2, 0.25) is 0 Å². The second-order valence-corrected chi connectivity index (χ2v) is 10.6. The average molecular weight is 563 g/mol. The van der Waals surface area contributed by atoms with Gasteiger partial charge < -0.3 is 19.3 Å². The third-order valence-electron chi connectivity index (χ3n) is 7.80. The minimum Gasteiger partial charge on any atom is -0.491 e. The van der Waals surface area contributed by atoms with Gasteiger partial charge in [0.25, 0.3) is 0 Å². The standard InChI is InChI=1S/C37H38O5/c1-3-26-13-19-33-30(23-26)15-16-31-24-28(10-9-27-7-5-4-6-8-27)14-20-34(31)36(33)42-22-21-41-32-17-11-29(12-18-32)25-35(40-2)37(38)39/h4-8,11-20,23-24,35-36H,3,9-10,21-22,25H2,1-2H3,(H,38,39). The third-order valence-corrected chi connectivity index (χ3v) is 7.80. The first-order valence-corrected chi connectivity index (χ1v) is 14.6. The van der Waals surface area contributed by atoms with Gasteiger partial charge in [-0.1, -0.05) is 97.9 Å². The van der Waals surface area contributed by atoms with Gasteiger partial charge in [0, 0.05) is 13.5 Å². The highest BCUT2D eigenvalue weighted by atomic mass is 16.5. The van der Waals surface area contributed by atoms with Crippen molar-refractivity contribution in [2.24, 2.45) is 0 Å². The lowest BCUT2D eigenvalue weighted by Crippen LogP contribution is -2.24. The van der Waals surface area contributed by atoms with Crippen molar-refractivity contribution >= 4 is 18.1 Å². The number of hydrogen-bond acceptors (Lipinski definition) is 4. The quantitative estimate of drug-likeness (QED) is 0.173. The zero-order valence-corrected chi connectivity index (χ0v) is 24.3. The minimum atomic E-state index is -0.971. The number of carbonyl (C=O) groups is 1. The fourth-order valence-corrected chi connectivity index (χ4v) is 5.38. The lowest BCUT2D eigenvalue weighted by atomic mass is 9.93. The smallest absolute Gasteiger partial charge is 0.333 e. The van der Waals surface area contributed by atoms with E-state index in [1.165, 1.54) is 34.9 Å². The number of fused-ring (bicyclic) bond motifs is 2. The molecule has 2 atom stereocenters. The summed E-state index contributed by atoms with van der Waals surface area (Å²) in [5.74, 6) is -0.258. The molecule has 5 rings (SSSR count). The zero-order chi connectivity index (χ0) is 29.3. The SMILES string of the molecule is CCc1ccc2c(c1)C=Cc1cc(CCc3ccccc3)ccc1C2OCCOc1ccc(CC(OC)C(=O)O)cc1. The maximum Gasteiger partial charge on any atom is 0.333 e. The predicted octanol–water partition coefficient (Wildman–Crippen LogP) is 7.35. The molecule has 1 N–H and O–H groups in total. The topological polar surface area (TPSA) is 65.0 Å². The van der Waals surface area contributed by atoms with E-state index >= 15 is 0 Å². The fourth-order valence-electron chi connectivity index (χ4n) is 5.38. The molecule has 2 unspecified atom stereocenters. The van der Waals surface area contributed by atoms with Crippen LogP contribution in [-0.2, 0) is 40.0 Å². The van der Waals surface area contributed by atoms with Gasteiger partial charge in [0.15, 0.2) is 6.10 Å². The summed E-state index contributed by atoms with van der Waals surface area (Å²) in [6.45, 7) is 2.99. The Morgan fingerprint density at radius 3 is 2.02 bits per heavy atom. The van der Waals surface area contributed by atoms with Crippen molar-refractivity contribution in [3.05, 3.63) is 136 Å². The molecule has 1 aliphatic rings. The number of hydrogen-bond donors (Lipinski definition) is 1. The van der Waals surface area contributed by atoms with E-state index < -0.39 is 12.1 Å². The van der Waals surface area contributed by atoms with Gasteiger partial charge in [0.05, 0.1) is 6.61 Å². The second kappa shape index (κ2) is 14.1. The van der Waals surface area contributed by atoms with Crippen LogP contribution in [0.25, 0.3) is 12.2 Å². The molecule has 0 aromatic heterocycles. The van der Waals surface area contributed by atoms with E-state index in [2.05, 4.69) is 85.8 Å². The van der Waals surface area contributed by atoms with E-state index in [0.717, 1.165) is 36.0 Å². The summed E-state index contributed by atoms with van der Waals surface area (Å²) in [6, 6.07) is 31.5. The summed E-state index contributed by atoms with van der Waals surface area (Å²) in [5.41, 5.74) is 9.54. The number of ether oxygens (including phenoxy) is 3. The lowest BCUT2D eigenvalue weighted by molar-refractivity contribution is -0.148. The van der Waals surface area contributed by atoms with E-state index in [0.29, 0.717) is 25.4 Å². The number of carboxylic acids is 1. The largest absolute Gasteiger partial charge is 0.491 e. The van der Waals surface area contributed by atoms with Crippen molar-refractivity contribution in [3.63, 3.8) is 0 Å². The molecule has 42 heavy (non-hydrogen) atoms. The minimum absolute atomic E-state index is 0.202. The van der Waals surface area contributed by atoms with E-state index in [9.17, 15) is 9.90 Å². The van der Waals surface area contributed by atoms with Gasteiger partial charge in [0.2, 0.25) is 0 Å². The molecular formula is C37H38O5. The molecule has 5 nitrogen and oxygen atoms in total. The molecule has 216 valence electrons. The normalized spacial score (nSPS) is 14.5. The first kappa shape index (κ1) is 29.3. The molecule has 0 aliphatic heterocycles. The van der Waals surface area contributed by atoms with Crippen LogP contribution >= 0.6 is 0 Å². The monoisotopic (exact) mass is 562 g/mol. The second-order valence-electron chi connectivity index (χ2n) is 10.6. The molecule has 0 spiro atoms. The summed E-state index contributed by atoms with van der Waals surface area (Å²) < 4.78 is 17.6. The molecule has 0 radical (unpaired) electrons. The van der Waals surface area contributed by atoms with Gasteiger partial charge in [-0.15, -0.1) is 0 Å². The van der Waals surface area contributed by atoms with Crippen LogP contribution < -0.4 is 4.74 Å². The van der Waals surface area contributed by atoms with Gasteiger partial charge in [-0.05, 0) is 75.9 Å². The molecule has 0 bridgehead atoms. The number of benzene rings is 4. The van der Waals surface area contributed by atoms with Crippen molar-refractivity contribution < 1.29 is 24.1 Å². The lowest BCUT2D eigenvalue weighted by Gasteiger charge is -2.22. The van der Waals surface area contributed by atoms with Crippen molar-refractivity contribution in [2.45, 2.75) is 44.8 Å². The van der Waals surface area contributed by atoms with Crippen molar-refractivity contribution in [1.82, 2.24) is 0 Å². The van der Waals surface area contributed by atoms with Gasteiger partial charge in [-0.2, -0.15) is 0 Å². The Bertz CT molecular complexity index is 1510. The summed E-state index contributed by atoms with van der Waals surface area (Å²) in [5, 5.41) is 9.22. The summed E-state index contributed by atoms with van der Waals surface area (Å²) >= 11 is 0. The molecule has 0 saturated carbocycles. The Hall–Kier alpha value is -4.19. The van der Waals surface area contributed by atoms with Crippen molar-refractivity contribution in [2.75, 3.05) is 20.3 Å². The van der Waals surface area contributed by atoms with Crippen LogP contribution in [-0.4, -0.2) is 37.5 Å². The molecule has 0 fully saturated rings. The van der Waals surface area contributed by atoms with Crippen LogP contribution in [0.4, 0.5) is 0 Å². The molecule has 4 aromatic carbocycles. The van der Waals surface area contributed by atoms with Gasteiger partial charge in [0.1, 0.15) is 18.5 Å². The van der Waals surface area contributed by atoms with Crippen LogP contribution in [0, 0.1) is 0 Å². The Kier molecular flexibility index (Phi) is 9.86. The van der Waals surface area contributed by atoms with Crippen LogP contribution in [0.15, 0.2) is 91.0 Å². The first-order chi connectivity index (χ1) is 20.5. The molecule has 0 heterocycles. The zero-order valence-electron chi connectivity index (χ0n) is 24.3. The first-order valence-electron chi connectivity index (χ1n) is 14.6. The highest BCUT2D eigenvalue weighted by Gasteiger charge is 2.23. The van der Waals surface area contributed by atoms with Crippen LogP contribution in [0.3, 0.4) is 0 Å². The maximum absolute atomic E-state index is 11.2. The number of methoxy groups -OCH3 is 1. The molecule has 5 heteroatoms. The van der Waals surface area contributed by atoms with E-state index in [1.54, 1.807) is 0 Å². The number of carboxylic acid groups (broad SMARTS) is 1. The summed E-state index contributed by atoms with van der Waals surface area (Å²) in [4.78, 5) is 11.2. The Labute approximate surface area is 248 Å². The number of aliphatic carboxylic acids is 1. The maximum atomic E-state index is 11.2. The highest BCUT2D eigenvalue weighted by molar-refractivity contribution is 5.77. The van der Waals surface area contributed by atoms with Crippen LogP contribution in [0.1, 0.15) is 57.5 Å². The van der Waals surface area contributed by atoms with E-state index in [4.69, 9.17) is 14.2 Å². The Balaban J connectivity index is 1.27. The third kappa shape index (κ3) is 7.35. The fraction of sp³-hybridized carbons (Fsp3) is 0.270. The number of rotatable bonds is 13. The van der Waals surface area contributed by atoms with E-state index in [1.807, 2.05) is 24.3 Å². The van der Waals surface area contributed by atoms with Gasteiger partial charge >= 0.3 is 5.97 Å². The highest BCUT2D eigenvalue weighted by Crippen LogP contribution is 2.36. The van der Waals surface area contributed by atoms with Crippen molar-refractivity contribution in [1.29, 1.82) is 0 Å². The molecule has 0 amide bonds. The predicted molar refractivity (Wildman–Crippen MR) is 167 cm³/mol. The Morgan fingerprint density at radius 2 is 1.38 bits per heavy atom. The average Bonchev–Trinajstić information content (AvgIpc) is 3.17. The van der Waals surface area contributed by atoms with Crippen molar-refractivity contribution in [3.8, 4) is 5.75 Å².